The zero-order chi connectivity index (χ0) is 12.0. The Balaban J connectivity index is 2.24. The highest BCUT2D eigenvalue weighted by molar-refractivity contribution is 4.75. The first-order chi connectivity index (χ1) is 7.63. The molecule has 1 fully saturated rings. The van der Waals surface area contributed by atoms with E-state index in [1.165, 1.54) is 25.7 Å². The van der Waals surface area contributed by atoms with E-state index in [0.29, 0.717) is 6.61 Å². The lowest BCUT2D eigenvalue weighted by Gasteiger charge is -2.32. The van der Waals surface area contributed by atoms with Gasteiger partial charge in [0.1, 0.15) is 0 Å². The standard InChI is InChI=1S/C13H27NO2/c1-11-6-4-5-7-12(11)8-14(2)9-13(15)10-16-3/h11-13,15H,4-10H2,1-3H3/t11-,12-,13-/m1/s1. The van der Waals surface area contributed by atoms with Crippen LogP contribution in [0.15, 0.2) is 0 Å². The zero-order valence-corrected chi connectivity index (χ0v) is 11.0. The summed E-state index contributed by atoms with van der Waals surface area (Å²) in [6, 6.07) is 0. The van der Waals surface area contributed by atoms with Crippen molar-refractivity contribution in [3.63, 3.8) is 0 Å². The minimum atomic E-state index is -0.353. The van der Waals surface area contributed by atoms with Crippen LogP contribution in [-0.4, -0.2) is 50.0 Å². The van der Waals surface area contributed by atoms with Gasteiger partial charge in [-0.2, -0.15) is 0 Å². The number of nitrogens with zero attached hydrogens (tertiary/aromatic N) is 1. The Morgan fingerprint density at radius 2 is 2.06 bits per heavy atom. The quantitative estimate of drug-likeness (QED) is 0.753. The maximum Gasteiger partial charge on any atom is 0.0899 e. The normalized spacial score (nSPS) is 28.3. The number of ether oxygens (including phenoxy) is 1. The molecule has 0 saturated heterocycles. The highest BCUT2D eigenvalue weighted by Crippen LogP contribution is 2.29. The molecule has 0 heterocycles. The third kappa shape index (κ3) is 4.81. The molecule has 3 atom stereocenters. The molecule has 3 nitrogen and oxygen atoms in total. The Kier molecular flexibility index (Phi) is 6.32. The van der Waals surface area contributed by atoms with E-state index in [1.807, 2.05) is 0 Å². The lowest BCUT2D eigenvalue weighted by Crippen LogP contribution is -2.37. The Hall–Kier alpha value is -0.120. The first-order valence-electron chi connectivity index (χ1n) is 6.49. The Morgan fingerprint density at radius 3 is 2.69 bits per heavy atom. The molecule has 0 unspecified atom stereocenters. The second kappa shape index (κ2) is 7.25. The van der Waals surface area contributed by atoms with Crippen molar-refractivity contribution in [2.45, 2.75) is 38.7 Å². The van der Waals surface area contributed by atoms with Crippen LogP contribution in [0.2, 0.25) is 0 Å². The van der Waals surface area contributed by atoms with Crippen molar-refractivity contribution in [2.24, 2.45) is 11.8 Å². The van der Waals surface area contributed by atoms with Crippen molar-refractivity contribution < 1.29 is 9.84 Å². The van der Waals surface area contributed by atoms with Gasteiger partial charge in [-0.1, -0.05) is 26.2 Å². The number of hydrogen-bond acceptors (Lipinski definition) is 3. The van der Waals surface area contributed by atoms with Gasteiger partial charge in [0.25, 0.3) is 0 Å². The lowest BCUT2D eigenvalue weighted by molar-refractivity contribution is 0.0365. The highest BCUT2D eigenvalue weighted by Gasteiger charge is 2.22. The second-order valence-corrected chi connectivity index (χ2v) is 5.35. The number of hydrogen-bond donors (Lipinski definition) is 1. The van der Waals surface area contributed by atoms with Crippen LogP contribution in [-0.2, 0) is 4.74 Å². The first-order valence-corrected chi connectivity index (χ1v) is 6.49. The minimum absolute atomic E-state index is 0.353. The summed E-state index contributed by atoms with van der Waals surface area (Å²) in [5.41, 5.74) is 0. The summed E-state index contributed by atoms with van der Waals surface area (Å²) in [5.74, 6) is 1.66. The molecule has 0 spiro atoms. The second-order valence-electron chi connectivity index (χ2n) is 5.35. The van der Waals surface area contributed by atoms with Crippen LogP contribution in [0.4, 0.5) is 0 Å². The van der Waals surface area contributed by atoms with Gasteiger partial charge in [0.15, 0.2) is 0 Å². The summed E-state index contributed by atoms with van der Waals surface area (Å²) in [4.78, 5) is 2.25. The van der Waals surface area contributed by atoms with E-state index in [-0.39, 0.29) is 6.10 Å². The largest absolute Gasteiger partial charge is 0.389 e. The van der Waals surface area contributed by atoms with E-state index >= 15 is 0 Å². The smallest absolute Gasteiger partial charge is 0.0899 e. The van der Waals surface area contributed by atoms with Crippen LogP contribution in [0.5, 0.6) is 0 Å². The fraction of sp³-hybridized carbons (Fsp3) is 1.00. The van der Waals surface area contributed by atoms with Crippen LogP contribution < -0.4 is 0 Å². The molecule has 0 amide bonds. The minimum Gasteiger partial charge on any atom is -0.389 e. The Morgan fingerprint density at radius 1 is 1.38 bits per heavy atom. The number of rotatable bonds is 6. The van der Waals surface area contributed by atoms with E-state index in [4.69, 9.17) is 4.74 Å². The average Bonchev–Trinajstić information content (AvgIpc) is 2.21. The molecule has 1 aliphatic rings. The van der Waals surface area contributed by atoms with Crippen molar-refractivity contribution in [3.8, 4) is 0 Å². The number of aliphatic hydroxyl groups is 1. The van der Waals surface area contributed by atoms with Crippen LogP contribution in [0, 0.1) is 11.8 Å². The third-order valence-corrected chi connectivity index (χ3v) is 3.72. The van der Waals surface area contributed by atoms with E-state index in [9.17, 15) is 5.11 Å². The average molecular weight is 229 g/mol. The molecule has 1 aliphatic carbocycles. The molecule has 0 aromatic rings. The van der Waals surface area contributed by atoms with E-state index < -0.39 is 0 Å². The maximum atomic E-state index is 9.65. The molecular formula is C13H27NO2. The SMILES string of the molecule is COC[C@H](O)CN(C)C[C@H]1CCCC[C@H]1C. The number of likely N-dealkylation sites (N-methyl/N-ethyl adjacent to an activating group) is 1. The number of aliphatic hydroxyl groups excluding tert-OH is 1. The van der Waals surface area contributed by atoms with Crippen LogP contribution in [0.3, 0.4) is 0 Å². The Labute approximate surface area is 99.8 Å². The summed E-state index contributed by atoms with van der Waals surface area (Å²) < 4.78 is 4.94. The lowest BCUT2D eigenvalue weighted by atomic mass is 9.80. The molecule has 0 aromatic heterocycles. The summed E-state index contributed by atoms with van der Waals surface area (Å²) in [5, 5.41) is 9.65. The highest BCUT2D eigenvalue weighted by atomic mass is 16.5. The summed E-state index contributed by atoms with van der Waals surface area (Å²) in [6.07, 6.45) is 5.15. The molecule has 3 heteroatoms. The third-order valence-electron chi connectivity index (χ3n) is 3.72. The molecule has 0 aromatic carbocycles. The van der Waals surface area contributed by atoms with Gasteiger partial charge in [0, 0.05) is 20.2 Å². The maximum absolute atomic E-state index is 9.65. The predicted octanol–water partition coefficient (Wildman–Crippen LogP) is 1.75. The monoisotopic (exact) mass is 229 g/mol. The molecule has 16 heavy (non-hydrogen) atoms. The molecule has 0 radical (unpaired) electrons. The molecule has 96 valence electrons. The summed E-state index contributed by atoms with van der Waals surface area (Å²) >= 11 is 0. The van der Waals surface area contributed by atoms with Crippen LogP contribution in [0.1, 0.15) is 32.6 Å². The van der Waals surface area contributed by atoms with Crippen molar-refractivity contribution in [2.75, 3.05) is 33.9 Å². The van der Waals surface area contributed by atoms with Crippen molar-refractivity contribution >= 4 is 0 Å². The van der Waals surface area contributed by atoms with Gasteiger partial charge in [0.2, 0.25) is 0 Å². The molecule has 1 rings (SSSR count). The molecular weight excluding hydrogens is 202 g/mol. The van der Waals surface area contributed by atoms with Crippen LogP contribution in [0.25, 0.3) is 0 Å². The van der Waals surface area contributed by atoms with Crippen molar-refractivity contribution in [1.82, 2.24) is 4.90 Å². The fourth-order valence-corrected chi connectivity index (χ4v) is 2.74. The van der Waals surface area contributed by atoms with Gasteiger partial charge >= 0.3 is 0 Å². The fourth-order valence-electron chi connectivity index (χ4n) is 2.74. The van der Waals surface area contributed by atoms with Gasteiger partial charge in [-0.05, 0) is 25.3 Å². The van der Waals surface area contributed by atoms with Gasteiger partial charge < -0.3 is 14.7 Å². The zero-order valence-electron chi connectivity index (χ0n) is 11.0. The summed E-state index contributed by atoms with van der Waals surface area (Å²) in [7, 11) is 3.73. The van der Waals surface area contributed by atoms with E-state index in [0.717, 1.165) is 24.9 Å². The molecule has 1 saturated carbocycles. The van der Waals surface area contributed by atoms with E-state index in [1.54, 1.807) is 7.11 Å². The van der Waals surface area contributed by atoms with Gasteiger partial charge in [-0.3, -0.25) is 0 Å². The van der Waals surface area contributed by atoms with Crippen molar-refractivity contribution in [1.29, 1.82) is 0 Å². The van der Waals surface area contributed by atoms with E-state index in [2.05, 4.69) is 18.9 Å². The molecule has 0 aliphatic heterocycles. The Bertz CT molecular complexity index is 187. The molecule has 0 bridgehead atoms. The van der Waals surface area contributed by atoms with Gasteiger partial charge in [0.05, 0.1) is 12.7 Å². The first kappa shape index (κ1) is 13.9. The van der Waals surface area contributed by atoms with Crippen LogP contribution >= 0.6 is 0 Å². The van der Waals surface area contributed by atoms with Gasteiger partial charge in [-0.15, -0.1) is 0 Å². The van der Waals surface area contributed by atoms with Gasteiger partial charge in [-0.25, -0.2) is 0 Å². The topological polar surface area (TPSA) is 32.7 Å². The predicted molar refractivity (Wildman–Crippen MR) is 66.5 cm³/mol. The van der Waals surface area contributed by atoms with Crippen molar-refractivity contribution in [3.05, 3.63) is 0 Å². The summed E-state index contributed by atoms with van der Waals surface area (Å²) in [6.45, 7) is 4.63. The molecule has 1 N–H and O–H groups in total. The number of methoxy groups -OCH3 is 1.